The summed E-state index contributed by atoms with van der Waals surface area (Å²) in [5.74, 6) is 0.536. The highest BCUT2D eigenvalue weighted by atomic mass is 79.9. The molecule has 2 N–H and O–H groups in total. The van der Waals surface area contributed by atoms with Gasteiger partial charge >= 0.3 is 0 Å². The number of rotatable bonds is 5. The molecule has 1 unspecified atom stereocenters. The van der Waals surface area contributed by atoms with Gasteiger partial charge in [-0.2, -0.15) is 0 Å². The molecular weight excluding hydrogens is 423 g/mol. The number of carbonyl (C=O) groups is 1. The average molecular weight is 439 g/mol. The molecule has 1 atom stereocenters. The van der Waals surface area contributed by atoms with E-state index >= 15 is 0 Å². The van der Waals surface area contributed by atoms with Crippen LogP contribution in [-0.4, -0.2) is 25.6 Å². The van der Waals surface area contributed by atoms with E-state index in [9.17, 15) is 9.18 Å². The Labute approximate surface area is 163 Å². The van der Waals surface area contributed by atoms with Gasteiger partial charge < -0.3 is 20.1 Å². The number of amides is 1. The number of nitrogens with one attached hydrogen (secondary N) is 2. The summed E-state index contributed by atoms with van der Waals surface area (Å²) in [4.78, 5) is 12.7. The number of halogens is 2. The van der Waals surface area contributed by atoms with Crippen LogP contribution in [0.3, 0.4) is 0 Å². The number of para-hydroxylation sites is 1. The zero-order valence-electron chi connectivity index (χ0n) is 14.0. The summed E-state index contributed by atoms with van der Waals surface area (Å²) < 4.78 is 25.1. The number of anilines is 1. The standard InChI is InChI=1S/C18H16BrFN2O3S/c1-24-14-8-10(7-11(19)16(14)25-2)9-15-17(23)22-18(26-15)21-13-6-4-3-5-12(13)20/h3-9,18,21H,1-2H3,(H,22,23)/b15-9-. The second-order valence-electron chi connectivity index (χ2n) is 5.34. The van der Waals surface area contributed by atoms with E-state index in [1.54, 1.807) is 44.6 Å². The van der Waals surface area contributed by atoms with Crippen LogP contribution in [-0.2, 0) is 4.79 Å². The van der Waals surface area contributed by atoms with Crippen LogP contribution in [0.5, 0.6) is 11.5 Å². The molecule has 0 radical (unpaired) electrons. The van der Waals surface area contributed by atoms with Gasteiger partial charge in [-0.25, -0.2) is 4.39 Å². The lowest BCUT2D eigenvalue weighted by Crippen LogP contribution is -2.31. The SMILES string of the molecule is COc1cc(/C=C2\SC(Nc3ccccc3F)NC2=O)cc(Br)c1OC. The third-order valence-corrected chi connectivity index (χ3v) is 5.26. The lowest BCUT2D eigenvalue weighted by Gasteiger charge is -2.13. The molecule has 0 aromatic heterocycles. The maximum absolute atomic E-state index is 13.8. The fourth-order valence-electron chi connectivity index (χ4n) is 2.46. The zero-order valence-corrected chi connectivity index (χ0v) is 16.4. The van der Waals surface area contributed by atoms with Crippen molar-refractivity contribution in [1.82, 2.24) is 5.32 Å². The van der Waals surface area contributed by atoms with Gasteiger partial charge in [0.15, 0.2) is 17.0 Å². The highest BCUT2D eigenvalue weighted by Gasteiger charge is 2.27. The molecule has 136 valence electrons. The van der Waals surface area contributed by atoms with Crippen LogP contribution in [0.15, 0.2) is 45.8 Å². The Morgan fingerprint density at radius 2 is 2.04 bits per heavy atom. The quantitative estimate of drug-likeness (QED) is 0.684. The van der Waals surface area contributed by atoms with Gasteiger partial charge in [-0.05, 0) is 51.8 Å². The lowest BCUT2D eigenvalue weighted by molar-refractivity contribution is -0.116. The van der Waals surface area contributed by atoms with Crippen molar-refractivity contribution >= 4 is 45.4 Å². The van der Waals surface area contributed by atoms with Crippen molar-refractivity contribution < 1.29 is 18.7 Å². The molecule has 0 aliphatic carbocycles. The van der Waals surface area contributed by atoms with Gasteiger partial charge in [0.25, 0.3) is 5.91 Å². The number of hydrogen-bond acceptors (Lipinski definition) is 5. The van der Waals surface area contributed by atoms with Crippen molar-refractivity contribution in [3.63, 3.8) is 0 Å². The van der Waals surface area contributed by atoms with Crippen molar-refractivity contribution in [3.8, 4) is 11.5 Å². The smallest absolute Gasteiger partial charge is 0.260 e. The maximum atomic E-state index is 13.8. The lowest BCUT2D eigenvalue weighted by atomic mass is 10.2. The monoisotopic (exact) mass is 438 g/mol. The molecule has 26 heavy (non-hydrogen) atoms. The Morgan fingerprint density at radius 1 is 1.27 bits per heavy atom. The minimum Gasteiger partial charge on any atom is -0.493 e. The van der Waals surface area contributed by atoms with Crippen LogP contribution in [0.1, 0.15) is 5.56 Å². The Balaban J connectivity index is 1.81. The molecule has 8 heteroatoms. The molecule has 1 fully saturated rings. The van der Waals surface area contributed by atoms with Crippen molar-refractivity contribution in [3.05, 3.63) is 57.2 Å². The Bertz CT molecular complexity index is 876. The molecule has 2 aromatic rings. The molecule has 1 aliphatic rings. The summed E-state index contributed by atoms with van der Waals surface area (Å²) in [7, 11) is 3.10. The van der Waals surface area contributed by atoms with Crippen molar-refractivity contribution in [2.24, 2.45) is 0 Å². The van der Waals surface area contributed by atoms with Gasteiger partial charge in [-0.3, -0.25) is 4.79 Å². The topological polar surface area (TPSA) is 59.6 Å². The summed E-state index contributed by atoms with van der Waals surface area (Å²) in [6, 6.07) is 9.94. The molecule has 2 aromatic carbocycles. The van der Waals surface area contributed by atoms with E-state index in [1.165, 1.54) is 17.8 Å². The molecular formula is C18H16BrFN2O3S. The van der Waals surface area contributed by atoms with Gasteiger partial charge in [-0.1, -0.05) is 23.9 Å². The Morgan fingerprint density at radius 3 is 2.73 bits per heavy atom. The van der Waals surface area contributed by atoms with Crippen LogP contribution in [0, 0.1) is 5.82 Å². The van der Waals surface area contributed by atoms with Crippen LogP contribution in [0.25, 0.3) is 6.08 Å². The first kappa shape index (κ1) is 18.6. The second-order valence-corrected chi connectivity index (χ2v) is 7.34. The van der Waals surface area contributed by atoms with Crippen LogP contribution in [0.2, 0.25) is 0 Å². The highest BCUT2D eigenvalue weighted by Crippen LogP contribution is 2.38. The number of hydrogen-bond donors (Lipinski definition) is 2. The molecule has 3 rings (SSSR count). The first-order valence-electron chi connectivity index (χ1n) is 7.63. The van der Waals surface area contributed by atoms with Gasteiger partial charge in [0.2, 0.25) is 0 Å². The van der Waals surface area contributed by atoms with Crippen LogP contribution in [0.4, 0.5) is 10.1 Å². The van der Waals surface area contributed by atoms with E-state index in [0.717, 1.165) is 10.0 Å². The molecule has 0 saturated carbocycles. The molecule has 0 bridgehead atoms. The number of ether oxygens (including phenoxy) is 2. The third-order valence-electron chi connectivity index (χ3n) is 3.64. The summed E-state index contributed by atoms with van der Waals surface area (Å²) in [5.41, 5.74) is 0.661. The zero-order chi connectivity index (χ0) is 18.7. The molecule has 1 amide bonds. The van der Waals surface area contributed by atoms with E-state index in [-0.39, 0.29) is 11.7 Å². The minimum absolute atomic E-state index is 0.227. The molecule has 1 saturated heterocycles. The number of carbonyl (C=O) groups excluding carboxylic acids is 1. The van der Waals surface area contributed by atoms with Gasteiger partial charge in [-0.15, -0.1) is 0 Å². The van der Waals surface area contributed by atoms with Crippen LogP contribution >= 0.6 is 27.7 Å². The normalized spacial score (nSPS) is 17.9. The Hall–Kier alpha value is -2.19. The predicted octanol–water partition coefficient (Wildman–Crippen LogP) is 4.21. The van der Waals surface area contributed by atoms with E-state index in [2.05, 4.69) is 26.6 Å². The number of methoxy groups -OCH3 is 2. The summed E-state index contributed by atoms with van der Waals surface area (Å²) in [5, 5.41) is 5.74. The summed E-state index contributed by atoms with van der Waals surface area (Å²) in [6.07, 6.45) is 1.75. The van der Waals surface area contributed by atoms with Crippen molar-refractivity contribution in [2.45, 2.75) is 5.50 Å². The molecule has 1 heterocycles. The summed E-state index contributed by atoms with van der Waals surface area (Å²) in [6.45, 7) is 0. The van der Waals surface area contributed by atoms with Gasteiger partial charge in [0.1, 0.15) is 5.82 Å². The molecule has 0 spiro atoms. The molecule has 5 nitrogen and oxygen atoms in total. The minimum atomic E-state index is -0.450. The van der Waals surface area contributed by atoms with E-state index in [0.29, 0.717) is 22.1 Å². The number of benzene rings is 2. The fraction of sp³-hybridized carbons (Fsp3) is 0.167. The largest absolute Gasteiger partial charge is 0.493 e. The molecule has 1 aliphatic heterocycles. The van der Waals surface area contributed by atoms with Crippen molar-refractivity contribution in [1.29, 1.82) is 0 Å². The van der Waals surface area contributed by atoms with E-state index < -0.39 is 5.50 Å². The van der Waals surface area contributed by atoms with E-state index in [1.807, 2.05) is 6.07 Å². The predicted molar refractivity (Wildman–Crippen MR) is 105 cm³/mol. The van der Waals surface area contributed by atoms with Gasteiger partial charge in [0, 0.05) is 0 Å². The average Bonchev–Trinajstić information content (AvgIpc) is 2.95. The first-order valence-corrected chi connectivity index (χ1v) is 9.31. The number of thioether (sulfide) groups is 1. The Kier molecular flexibility index (Phi) is 5.73. The maximum Gasteiger partial charge on any atom is 0.260 e. The van der Waals surface area contributed by atoms with E-state index in [4.69, 9.17) is 9.47 Å². The van der Waals surface area contributed by atoms with Crippen LogP contribution < -0.4 is 20.1 Å². The third kappa shape index (κ3) is 3.96. The second kappa shape index (κ2) is 8.01. The fourth-order valence-corrected chi connectivity index (χ4v) is 4.05. The summed E-state index contributed by atoms with van der Waals surface area (Å²) >= 11 is 4.71. The highest BCUT2D eigenvalue weighted by molar-refractivity contribution is 9.10. The first-order chi connectivity index (χ1) is 12.5. The van der Waals surface area contributed by atoms with Crippen molar-refractivity contribution in [2.75, 3.05) is 19.5 Å². The van der Waals surface area contributed by atoms with Gasteiger partial charge in [0.05, 0.1) is 29.3 Å².